The van der Waals surface area contributed by atoms with E-state index in [1.165, 1.54) is 12.3 Å². The van der Waals surface area contributed by atoms with Gasteiger partial charge in [0.05, 0.1) is 11.6 Å². The summed E-state index contributed by atoms with van der Waals surface area (Å²) in [6, 6.07) is 4.01. The van der Waals surface area contributed by atoms with Gasteiger partial charge in [0.2, 0.25) is 0 Å². The zero-order valence-electron chi connectivity index (χ0n) is 8.27. The Bertz CT molecular complexity index is 516. The number of pyridine rings is 1. The third kappa shape index (κ3) is 1.64. The molecule has 0 aliphatic carbocycles. The van der Waals surface area contributed by atoms with Crippen LogP contribution in [0.2, 0.25) is 0 Å². The third-order valence-electron chi connectivity index (χ3n) is 2.30. The maximum atomic E-state index is 12.9. The molecule has 0 aliphatic rings. The molecule has 0 spiro atoms. The van der Waals surface area contributed by atoms with Gasteiger partial charge in [-0.1, -0.05) is 0 Å². The van der Waals surface area contributed by atoms with Gasteiger partial charge < -0.3 is 10.1 Å². The van der Waals surface area contributed by atoms with Crippen LogP contribution in [0.25, 0.3) is 5.52 Å². The number of hydrogen-bond acceptors (Lipinski definition) is 2. The van der Waals surface area contributed by atoms with Crippen molar-refractivity contribution in [3.63, 3.8) is 0 Å². The summed E-state index contributed by atoms with van der Waals surface area (Å²) in [5.41, 5.74) is 6.73. The average molecular weight is 206 g/mol. The molecule has 2 aromatic rings. The van der Waals surface area contributed by atoms with E-state index < -0.39 is 6.04 Å². The molecule has 15 heavy (non-hydrogen) atoms. The van der Waals surface area contributed by atoms with Gasteiger partial charge in [-0.3, -0.25) is 4.79 Å². The van der Waals surface area contributed by atoms with E-state index in [9.17, 15) is 9.18 Å². The van der Waals surface area contributed by atoms with E-state index in [-0.39, 0.29) is 11.6 Å². The standard InChI is InChI=1S/C11H11FN2O/c1-7(13)11(15)9-4-5-14-6-8(12)2-3-10(9)14/h2-7H,13H2,1H3. The Labute approximate surface area is 86.3 Å². The highest BCUT2D eigenvalue weighted by molar-refractivity contribution is 6.05. The van der Waals surface area contributed by atoms with Gasteiger partial charge in [-0.25, -0.2) is 4.39 Å². The van der Waals surface area contributed by atoms with Crippen molar-refractivity contribution in [1.82, 2.24) is 4.40 Å². The predicted molar refractivity (Wildman–Crippen MR) is 55.3 cm³/mol. The van der Waals surface area contributed by atoms with Crippen LogP contribution in [0.5, 0.6) is 0 Å². The van der Waals surface area contributed by atoms with Crippen molar-refractivity contribution in [2.75, 3.05) is 0 Å². The number of nitrogens with zero attached hydrogens (tertiary/aromatic N) is 1. The van der Waals surface area contributed by atoms with E-state index in [1.54, 1.807) is 29.7 Å². The topological polar surface area (TPSA) is 47.5 Å². The van der Waals surface area contributed by atoms with E-state index in [0.29, 0.717) is 11.1 Å². The summed E-state index contributed by atoms with van der Waals surface area (Å²) in [5, 5.41) is 0. The Morgan fingerprint density at radius 3 is 2.87 bits per heavy atom. The minimum Gasteiger partial charge on any atom is -0.321 e. The van der Waals surface area contributed by atoms with Crippen molar-refractivity contribution < 1.29 is 9.18 Å². The third-order valence-corrected chi connectivity index (χ3v) is 2.30. The van der Waals surface area contributed by atoms with Crippen LogP contribution >= 0.6 is 0 Å². The van der Waals surface area contributed by atoms with Crippen LogP contribution in [0.15, 0.2) is 30.6 Å². The van der Waals surface area contributed by atoms with E-state index in [0.717, 1.165) is 0 Å². The highest BCUT2D eigenvalue weighted by Crippen LogP contribution is 2.15. The molecule has 0 saturated carbocycles. The normalized spacial score (nSPS) is 13.0. The largest absolute Gasteiger partial charge is 0.321 e. The second kappa shape index (κ2) is 3.47. The van der Waals surface area contributed by atoms with Crippen molar-refractivity contribution >= 4 is 11.3 Å². The molecular weight excluding hydrogens is 195 g/mol. The number of Topliss-reactive ketones (excluding diaryl/α,β-unsaturated/α-hetero) is 1. The first-order valence-electron chi connectivity index (χ1n) is 4.65. The highest BCUT2D eigenvalue weighted by Gasteiger charge is 2.14. The number of carbonyl (C=O) groups excluding carboxylic acids is 1. The second-order valence-corrected chi connectivity index (χ2v) is 3.52. The number of halogens is 1. The molecule has 4 heteroatoms. The first kappa shape index (κ1) is 9.86. The van der Waals surface area contributed by atoms with Gasteiger partial charge in [0.25, 0.3) is 0 Å². The Hall–Kier alpha value is -1.68. The van der Waals surface area contributed by atoms with E-state index in [1.807, 2.05) is 0 Å². The molecule has 2 heterocycles. The fraction of sp³-hybridized carbons (Fsp3) is 0.182. The number of aromatic nitrogens is 1. The van der Waals surface area contributed by atoms with Crippen molar-refractivity contribution in [3.05, 3.63) is 42.0 Å². The summed E-state index contributed by atoms with van der Waals surface area (Å²) in [4.78, 5) is 11.7. The van der Waals surface area contributed by atoms with Gasteiger partial charge in [0.15, 0.2) is 5.78 Å². The maximum absolute atomic E-state index is 12.9. The number of hydrogen-bond donors (Lipinski definition) is 1. The quantitative estimate of drug-likeness (QED) is 0.759. The fourth-order valence-electron chi connectivity index (χ4n) is 1.54. The van der Waals surface area contributed by atoms with Gasteiger partial charge in [-0.15, -0.1) is 0 Å². The first-order chi connectivity index (χ1) is 7.09. The fourth-order valence-corrected chi connectivity index (χ4v) is 1.54. The molecule has 0 radical (unpaired) electrons. The van der Waals surface area contributed by atoms with Gasteiger partial charge >= 0.3 is 0 Å². The van der Waals surface area contributed by atoms with Crippen molar-refractivity contribution in [3.8, 4) is 0 Å². The first-order valence-corrected chi connectivity index (χ1v) is 4.65. The van der Waals surface area contributed by atoms with E-state index in [2.05, 4.69) is 0 Å². The summed E-state index contributed by atoms with van der Waals surface area (Å²) in [7, 11) is 0. The number of carbonyl (C=O) groups is 1. The van der Waals surface area contributed by atoms with Crippen LogP contribution in [-0.4, -0.2) is 16.2 Å². The monoisotopic (exact) mass is 206 g/mol. The summed E-state index contributed by atoms with van der Waals surface area (Å²) >= 11 is 0. The molecule has 0 amide bonds. The molecule has 2 rings (SSSR count). The van der Waals surface area contributed by atoms with Crippen LogP contribution in [0, 0.1) is 5.82 Å². The number of fused-ring (bicyclic) bond motifs is 1. The smallest absolute Gasteiger partial charge is 0.181 e. The summed E-state index contributed by atoms with van der Waals surface area (Å²) in [5.74, 6) is -0.470. The second-order valence-electron chi connectivity index (χ2n) is 3.52. The lowest BCUT2D eigenvalue weighted by atomic mass is 10.1. The molecule has 1 atom stereocenters. The van der Waals surface area contributed by atoms with Crippen molar-refractivity contribution in [2.45, 2.75) is 13.0 Å². The lowest BCUT2D eigenvalue weighted by molar-refractivity contribution is 0.0969. The SMILES string of the molecule is CC(N)C(=O)c1ccn2cc(F)ccc12. The molecule has 0 saturated heterocycles. The van der Waals surface area contributed by atoms with E-state index in [4.69, 9.17) is 5.73 Å². The maximum Gasteiger partial charge on any atom is 0.181 e. The lowest BCUT2D eigenvalue weighted by Gasteiger charge is -2.03. The highest BCUT2D eigenvalue weighted by atomic mass is 19.1. The summed E-state index contributed by atoms with van der Waals surface area (Å²) in [6.07, 6.45) is 2.97. The zero-order chi connectivity index (χ0) is 11.0. The number of nitrogens with two attached hydrogens (primary N) is 1. The summed E-state index contributed by atoms with van der Waals surface area (Å²) in [6.45, 7) is 1.63. The molecule has 3 nitrogen and oxygen atoms in total. The molecule has 0 aromatic carbocycles. The van der Waals surface area contributed by atoms with Crippen molar-refractivity contribution in [2.24, 2.45) is 5.73 Å². The van der Waals surface area contributed by atoms with Gasteiger partial charge in [-0.05, 0) is 25.1 Å². The lowest BCUT2D eigenvalue weighted by Crippen LogP contribution is -2.26. The van der Waals surface area contributed by atoms with Crippen LogP contribution in [0.1, 0.15) is 17.3 Å². The van der Waals surface area contributed by atoms with E-state index >= 15 is 0 Å². The molecular formula is C11H11FN2O. The summed E-state index contributed by atoms with van der Waals surface area (Å²) < 4.78 is 14.4. The molecule has 2 N–H and O–H groups in total. The molecule has 2 aromatic heterocycles. The van der Waals surface area contributed by atoms with Crippen LogP contribution < -0.4 is 5.73 Å². The molecule has 78 valence electrons. The Morgan fingerprint density at radius 1 is 1.47 bits per heavy atom. The molecule has 0 fully saturated rings. The van der Waals surface area contributed by atoms with Gasteiger partial charge in [0, 0.05) is 18.0 Å². The van der Waals surface area contributed by atoms with Crippen LogP contribution in [-0.2, 0) is 0 Å². The van der Waals surface area contributed by atoms with Gasteiger partial charge in [-0.2, -0.15) is 0 Å². The number of rotatable bonds is 2. The van der Waals surface area contributed by atoms with Gasteiger partial charge in [0.1, 0.15) is 5.82 Å². The number of ketones is 1. The molecule has 1 unspecified atom stereocenters. The Kier molecular flexibility index (Phi) is 2.28. The Balaban J connectivity index is 2.59. The average Bonchev–Trinajstić information content (AvgIpc) is 2.59. The van der Waals surface area contributed by atoms with Crippen LogP contribution in [0.4, 0.5) is 4.39 Å². The zero-order valence-corrected chi connectivity index (χ0v) is 8.27. The predicted octanol–water partition coefficient (Wildman–Crippen LogP) is 1.61. The minimum atomic E-state index is -0.541. The van der Waals surface area contributed by atoms with Crippen LogP contribution in [0.3, 0.4) is 0 Å². The minimum absolute atomic E-state index is 0.135. The Morgan fingerprint density at radius 2 is 2.20 bits per heavy atom. The van der Waals surface area contributed by atoms with Crippen molar-refractivity contribution in [1.29, 1.82) is 0 Å². The molecule has 0 aliphatic heterocycles. The molecule has 0 bridgehead atoms.